The maximum absolute atomic E-state index is 12.6. The summed E-state index contributed by atoms with van der Waals surface area (Å²) in [7, 11) is -4.12. The molecule has 0 radical (unpaired) electrons. The first-order valence-corrected chi connectivity index (χ1v) is 7.36. The Kier molecular flexibility index (Phi) is 5.07. The first kappa shape index (κ1) is 17.5. The van der Waals surface area contributed by atoms with Gasteiger partial charge in [-0.1, -0.05) is 0 Å². The van der Waals surface area contributed by atoms with Gasteiger partial charge in [0, 0.05) is 17.9 Å². The van der Waals surface area contributed by atoms with Crippen molar-refractivity contribution in [1.82, 2.24) is 0 Å². The quantitative estimate of drug-likeness (QED) is 0.686. The number of nitrogens with zero attached hydrogens (tertiary/aromatic N) is 1. The third kappa shape index (κ3) is 4.76. The lowest BCUT2D eigenvalue weighted by Crippen LogP contribution is -2.37. The summed E-state index contributed by atoms with van der Waals surface area (Å²) in [5.41, 5.74) is 5.50. The van der Waals surface area contributed by atoms with Gasteiger partial charge < -0.3 is 15.7 Å². The highest BCUT2D eigenvalue weighted by Crippen LogP contribution is 2.31. The van der Waals surface area contributed by atoms with Gasteiger partial charge in [0.2, 0.25) is 10.0 Å². The van der Waals surface area contributed by atoms with Crippen molar-refractivity contribution < 1.29 is 26.7 Å². The molecular formula is C11H16F3N3O3S. The molecule has 0 aromatic heterocycles. The molecule has 0 saturated carbocycles. The van der Waals surface area contributed by atoms with E-state index in [-0.39, 0.29) is 28.4 Å². The molecule has 0 bridgehead atoms. The summed E-state index contributed by atoms with van der Waals surface area (Å²) in [6, 6.07) is 2.30. The number of primary sulfonamides is 1. The van der Waals surface area contributed by atoms with Crippen LogP contribution in [-0.2, 0) is 10.0 Å². The molecule has 10 heteroatoms. The van der Waals surface area contributed by atoms with Crippen molar-refractivity contribution in [2.45, 2.75) is 18.0 Å². The zero-order valence-corrected chi connectivity index (χ0v) is 12.0. The average molecular weight is 327 g/mol. The Morgan fingerprint density at radius 2 is 1.90 bits per heavy atom. The molecule has 0 unspecified atom stereocenters. The van der Waals surface area contributed by atoms with Crippen molar-refractivity contribution in [2.24, 2.45) is 5.14 Å². The van der Waals surface area contributed by atoms with Crippen molar-refractivity contribution >= 4 is 21.4 Å². The van der Waals surface area contributed by atoms with Gasteiger partial charge in [0.1, 0.15) is 6.54 Å². The lowest BCUT2D eigenvalue weighted by molar-refractivity contribution is -0.119. The van der Waals surface area contributed by atoms with Crippen LogP contribution in [-0.4, -0.2) is 39.4 Å². The largest absolute Gasteiger partial charge is 0.405 e. The number of aliphatic hydroxyl groups is 1. The molecule has 21 heavy (non-hydrogen) atoms. The third-order valence-corrected chi connectivity index (χ3v) is 3.78. The Bertz CT molecular complexity index is 617. The molecule has 0 aliphatic rings. The van der Waals surface area contributed by atoms with Crippen molar-refractivity contribution in [2.75, 3.05) is 30.3 Å². The fraction of sp³-hybridized carbons (Fsp3) is 0.455. The minimum Gasteiger partial charge on any atom is -0.399 e. The van der Waals surface area contributed by atoms with Crippen LogP contribution >= 0.6 is 0 Å². The summed E-state index contributed by atoms with van der Waals surface area (Å²) in [6.07, 6.45) is -4.52. The van der Waals surface area contributed by atoms with Crippen LogP contribution in [0, 0.1) is 6.92 Å². The van der Waals surface area contributed by atoms with Crippen molar-refractivity contribution in [3.8, 4) is 0 Å². The van der Waals surface area contributed by atoms with Gasteiger partial charge in [-0.05, 0) is 24.6 Å². The lowest BCUT2D eigenvalue weighted by Gasteiger charge is -2.27. The Labute approximate surface area is 120 Å². The average Bonchev–Trinajstić information content (AvgIpc) is 2.28. The summed E-state index contributed by atoms with van der Waals surface area (Å²) in [6.45, 7) is -0.875. The molecule has 0 atom stereocenters. The predicted molar refractivity (Wildman–Crippen MR) is 72.3 cm³/mol. The number of benzene rings is 1. The van der Waals surface area contributed by atoms with Gasteiger partial charge in [0.25, 0.3) is 0 Å². The molecule has 120 valence electrons. The number of hydrogen-bond donors (Lipinski definition) is 3. The molecule has 0 spiro atoms. The highest BCUT2D eigenvalue weighted by atomic mass is 32.2. The number of halogens is 3. The summed E-state index contributed by atoms with van der Waals surface area (Å²) < 4.78 is 60.7. The number of anilines is 2. The minimum absolute atomic E-state index is 0.0367. The van der Waals surface area contributed by atoms with E-state index in [1.54, 1.807) is 0 Å². The number of sulfonamides is 1. The van der Waals surface area contributed by atoms with Gasteiger partial charge in [0.15, 0.2) is 0 Å². The van der Waals surface area contributed by atoms with E-state index in [0.29, 0.717) is 0 Å². The molecule has 5 N–H and O–H groups in total. The maximum Gasteiger partial charge on any atom is 0.405 e. The molecule has 1 aromatic carbocycles. The van der Waals surface area contributed by atoms with Crippen molar-refractivity contribution in [1.29, 1.82) is 0 Å². The first-order chi connectivity index (χ1) is 9.45. The van der Waals surface area contributed by atoms with E-state index in [1.807, 2.05) is 0 Å². The van der Waals surface area contributed by atoms with Gasteiger partial charge in [-0.25, -0.2) is 13.6 Å². The Balaban J connectivity index is 3.41. The molecule has 0 heterocycles. The summed E-state index contributed by atoms with van der Waals surface area (Å²) in [5, 5.41) is 13.9. The smallest absolute Gasteiger partial charge is 0.399 e. The number of aliphatic hydroxyl groups excluding tert-OH is 1. The maximum atomic E-state index is 12.6. The summed E-state index contributed by atoms with van der Waals surface area (Å²) in [4.78, 5) is 0.461. The molecular weight excluding hydrogens is 311 g/mol. The Morgan fingerprint density at radius 3 is 2.33 bits per heavy atom. The topological polar surface area (TPSA) is 110 Å². The second kappa shape index (κ2) is 6.08. The van der Waals surface area contributed by atoms with Gasteiger partial charge in [-0.3, -0.25) is 0 Å². The third-order valence-electron chi connectivity index (χ3n) is 2.74. The van der Waals surface area contributed by atoms with E-state index in [4.69, 9.17) is 16.0 Å². The van der Waals surface area contributed by atoms with Gasteiger partial charge in [-0.2, -0.15) is 13.2 Å². The van der Waals surface area contributed by atoms with Crippen molar-refractivity contribution in [3.05, 3.63) is 17.7 Å². The monoisotopic (exact) mass is 327 g/mol. The first-order valence-electron chi connectivity index (χ1n) is 5.81. The summed E-state index contributed by atoms with van der Waals surface area (Å²) >= 11 is 0. The van der Waals surface area contributed by atoms with E-state index >= 15 is 0 Å². The van der Waals surface area contributed by atoms with Crippen LogP contribution in [0.5, 0.6) is 0 Å². The Morgan fingerprint density at radius 1 is 1.33 bits per heavy atom. The van der Waals surface area contributed by atoms with Crippen molar-refractivity contribution in [3.63, 3.8) is 0 Å². The van der Waals surface area contributed by atoms with E-state index in [2.05, 4.69) is 0 Å². The number of alkyl halides is 3. The molecule has 0 aliphatic carbocycles. The number of hydrogen-bond acceptors (Lipinski definition) is 5. The van der Waals surface area contributed by atoms with Crippen LogP contribution in [0.15, 0.2) is 17.0 Å². The molecule has 0 amide bonds. The highest BCUT2D eigenvalue weighted by molar-refractivity contribution is 7.89. The molecule has 1 aromatic rings. The Hall–Kier alpha value is -1.52. The van der Waals surface area contributed by atoms with E-state index < -0.39 is 29.4 Å². The van der Waals surface area contributed by atoms with Crippen LogP contribution in [0.1, 0.15) is 5.56 Å². The van der Waals surface area contributed by atoms with Crippen LogP contribution in [0.3, 0.4) is 0 Å². The fourth-order valence-corrected chi connectivity index (χ4v) is 2.77. The molecule has 0 aliphatic heterocycles. The fourth-order valence-electron chi connectivity index (χ4n) is 1.94. The van der Waals surface area contributed by atoms with Gasteiger partial charge in [-0.15, -0.1) is 0 Å². The van der Waals surface area contributed by atoms with Gasteiger partial charge in [0.05, 0.1) is 11.5 Å². The van der Waals surface area contributed by atoms with E-state index in [9.17, 15) is 21.6 Å². The van der Waals surface area contributed by atoms with Crippen LogP contribution in [0.25, 0.3) is 0 Å². The second-order valence-corrected chi connectivity index (χ2v) is 6.00. The van der Waals surface area contributed by atoms with E-state index in [0.717, 1.165) is 11.0 Å². The summed E-state index contributed by atoms with van der Waals surface area (Å²) in [5.74, 6) is 0. The normalized spacial score (nSPS) is 12.5. The minimum atomic E-state index is -4.52. The molecule has 0 saturated heterocycles. The second-order valence-electron chi connectivity index (χ2n) is 4.47. The number of nitrogen functional groups attached to an aromatic ring is 1. The molecule has 1 rings (SSSR count). The number of rotatable bonds is 5. The van der Waals surface area contributed by atoms with Crippen LogP contribution < -0.4 is 15.8 Å². The zero-order valence-electron chi connectivity index (χ0n) is 11.2. The zero-order chi connectivity index (χ0) is 16.4. The predicted octanol–water partition coefficient (Wildman–Crippen LogP) is 0.586. The standard InChI is InChI=1S/C11H16F3N3O3S/c1-7-9(17(2-3-18)6-11(12,13)14)4-8(15)5-10(7)21(16,19)20/h4-5,18H,2-3,6,15H2,1H3,(H2,16,19,20). The SMILES string of the molecule is Cc1c(N(CCO)CC(F)(F)F)cc(N)cc1S(N)(=O)=O. The molecule has 6 nitrogen and oxygen atoms in total. The van der Waals surface area contributed by atoms with Gasteiger partial charge >= 0.3 is 6.18 Å². The number of nitrogens with two attached hydrogens (primary N) is 2. The van der Waals surface area contributed by atoms with Crippen LogP contribution in [0.2, 0.25) is 0 Å². The lowest BCUT2D eigenvalue weighted by atomic mass is 10.1. The van der Waals surface area contributed by atoms with Crippen LogP contribution in [0.4, 0.5) is 24.5 Å². The van der Waals surface area contributed by atoms with E-state index in [1.165, 1.54) is 13.0 Å². The molecule has 0 fully saturated rings. The highest BCUT2D eigenvalue weighted by Gasteiger charge is 2.32.